The molecule has 3 aromatic carbocycles. The highest BCUT2D eigenvalue weighted by molar-refractivity contribution is 6.42. The number of H-pyrrole nitrogens is 1. The van der Waals surface area contributed by atoms with Gasteiger partial charge >= 0.3 is 0 Å². The zero-order valence-corrected chi connectivity index (χ0v) is 15.5. The van der Waals surface area contributed by atoms with Crippen LogP contribution in [-0.4, -0.2) is 19.6 Å². The van der Waals surface area contributed by atoms with Gasteiger partial charge in [0.1, 0.15) is 0 Å². The van der Waals surface area contributed by atoms with Crippen LogP contribution in [0.3, 0.4) is 0 Å². The molecule has 5 rings (SSSR count). The summed E-state index contributed by atoms with van der Waals surface area (Å²) in [6.45, 7) is 0. The van der Waals surface area contributed by atoms with Crippen LogP contribution in [0.4, 0.5) is 0 Å². The third kappa shape index (κ3) is 2.49. The Morgan fingerprint density at radius 1 is 0.889 bits per heavy atom. The van der Waals surface area contributed by atoms with Crippen molar-refractivity contribution >= 4 is 45.0 Å². The molecule has 0 aliphatic rings. The molecule has 0 aliphatic heterocycles. The predicted octanol–water partition coefficient (Wildman–Crippen LogP) is 6.19. The molecule has 0 saturated heterocycles. The number of fused-ring (bicyclic) bond motifs is 2. The van der Waals surface area contributed by atoms with E-state index in [1.807, 2.05) is 59.2 Å². The highest BCUT2D eigenvalue weighted by Crippen LogP contribution is 2.41. The van der Waals surface area contributed by atoms with Crippen LogP contribution in [0, 0.1) is 0 Å². The Balaban J connectivity index is 1.88. The highest BCUT2D eigenvalue weighted by atomic mass is 35.5. The second kappa shape index (κ2) is 6.05. The van der Waals surface area contributed by atoms with Gasteiger partial charge in [0.2, 0.25) is 5.88 Å². The van der Waals surface area contributed by atoms with Crippen molar-refractivity contribution in [1.82, 2.24) is 14.5 Å². The van der Waals surface area contributed by atoms with Gasteiger partial charge in [-0.15, -0.1) is 0 Å². The Morgan fingerprint density at radius 3 is 2.52 bits per heavy atom. The minimum absolute atomic E-state index is 0.172. The van der Waals surface area contributed by atoms with Gasteiger partial charge in [-0.2, -0.15) is 0 Å². The van der Waals surface area contributed by atoms with Crippen molar-refractivity contribution in [3.05, 3.63) is 77.0 Å². The van der Waals surface area contributed by atoms with E-state index in [1.54, 1.807) is 12.4 Å². The molecule has 0 saturated carbocycles. The van der Waals surface area contributed by atoms with Crippen LogP contribution in [0.2, 0.25) is 10.0 Å². The average Bonchev–Trinajstić information content (AvgIpc) is 3.26. The van der Waals surface area contributed by atoms with Crippen molar-refractivity contribution in [3.8, 4) is 22.8 Å². The lowest BCUT2D eigenvalue weighted by molar-refractivity contribution is 0.449. The Labute approximate surface area is 164 Å². The number of nitrogens with zero attached hydrogens (tertiary/aromatic N) is 2. The Morgan fingerprint density at radius 2 is 1.70 bits per heavy atom. The van der Waals surface area contributed by atoms with E-state index in [9.17, 15) is 5.11 Å². The second-order valence-corrected chi connectivity index (χ2v) is 7.10. The standard InChI is InChI=1S/C21H13Cl2N3O/c22-16-7-5-12(9-17(16)23)20-14-3-1-2-4-15(14)21(27)26(20)13-6-8-18-19(10-13)25-11-24-18/h1-11,27H,(H,24,25). The lowest BCUT2D eigenvalue weighted by atomic mass is 10.1. The van der Waals surface area contributed by atoms with Gasteiger partial charge in [0, 0.05) is 16.3 Å². The zero-order valence-electron chi connectivity index (χ0n) is 13.9. The van der Waals surface area contributed by atoms with E-state index in [1.165, 1.54) is 0 Å². The van der Waals surface area contributed by atoms with Gasteiger partial charge < -0.3 is 10.1 Å². The molecule has 132 valence electrons. The number of nitrogens with one attached hydrogen (secondary N) is 1. The Kier molecular flexibility index (Phi) is 3.64. The van der Waals surface area contributed by atoms with Crippen LogP contribution in [0.25, 0.3) is 38.8 Å². The van der Waals surface area contributed by atoms with E-state index in [0.717, 1.165) is 38.8 Å². The van der Waals surface area contributed by atoms with Crippen molar-refractivity contribution in [1.29, 1.82) is 0 Å². The molecule has 4 nitrogen and oxygen atoms in total. The van der Waals surface area contributed by atoms with Crippen molar-refractivity contribution in [2.75, 3.05) is 0 Å². The summed E-state index contributed by atoms with van der Waals surface area (Å²) in [6.07, 6.45) is 1.65. The van der Waals surface area contributed by atoms with E-state index in [0.29, 0.717) is 10.0 Å². The number of rotatable bonds is 2. The van der Waals surface area contributed by atoms with Gasteiger partial charge in [0.15, 0.2) is 0 Å². The summed E-state index contributed by atoms with van der Waals surface area (Å²) in [5.74, 6) is 0.172. The van der Waals surface area contributed by atoms with Gasteiger partial charge in [-0.1, -0.05) is 47.5 Å². The maximum Gasteiger partial charge on any atom is 0.204 e. The molecular formula is C21H13Cl2N3O. The first kappa shape index (κ1) is 16.2. The molecule has 27 heavy (non-hydrogen) atoms. The Hall–Kier alpha value is -2.95. The number of aromatic nitrogens is 3. The number of aromatic hydroxyl groups is 1. The summed E-state index contributed by atoms with van der Waals surface area (Å²) in [6, 6.07) is 19.0. The number of aromatic amines is 1. The van der Waals surface area contributed by atoms with Crippen LogP contribution in [0.15, 0.2) is 67.0 Å². The molecule has 2 N–H and O–H groups in total. The SMILES string of the molecule is Oc1c2ccccc2c(-c2ccc(Cl)c(Cl)c2)n1-c1ccc2nc[nH]c2c1. The van der Waals surface area contributed by atoms with E-state index >= 15 is 0 Å². The zero-order chi connectivity index (χ0) is 18.5. The molecule has 0 aliphatic carbocycles. The topological polar surface area (TPSA) is 53.8 Å². The third-order valence-corrected chi connectivity index (χ3v) is 5.45. The molecular weight excluding hydrogens is 381 g/mol. The fraction of sp³-hybridized carbons (Fsp3) is 0. The van der Waals surface area contributed by atoms with Gasteiger partial charge in [0.25, 0.3) is 0 Å². The molecule has 5 aromatic rings. The molecule has 2 aromatic heterocycles. The maximum atomic E-state index is 11.0. The lowest BCUT2D eigenvalue weighted by Crippen LogP contribution is -1.96. The monoisotopic (exact) mass is 393 g/mol. The third-order valence-electron chi connectivity index (χ3n) is 4.71. The smallest absolute Gasteiger partial charge is 0.204 e. The van der Waals surface area contributed by atoms with Crippen LogP contribution in [-0.2, 0) is 0 Å². The van der Waals surface area contributed by atoms with E-state index in [2.05, 4.69) is 9.97 Å². The molecule has 0 amide bonds. The number of imidazole rings is 1. The number of benzene rings is 3. The minimum Gasteiger partial charge on any atom is -0.494 e. The molecule has 6 heteroatoms. The van der Waals surface area contributed by atoms with E-state index < -0.39 is 0 Å². The Bertz CT molecular complexity index is 1320. The first-order valence-corrected chi connectivity index (χ1v) is 9.10. The summed E-state index contributed by atoms with van der Waals surface area (Å²) >= 11 is 12.4. The van der Waals surface area contributed by atoms with Crippen molar-refractivity contribution in [2.24, 2.45) is 0 Å². The maximum absolute atomic E-state index is 11.0. The van der Waals surface area contributed by atoms with Crippen LogP contribution < -0.4 is 0 Å². The second-order valence-electron chi connectivity index (χ2n) is 6.29. The molecule has 0 spiro atoms. The summed E-state index contributed by atoms with van der Waals surface area (Å²) in [7, 11) is 0. The molecule has 0 radical (unpaired) electrons. The van der Waals surface area contributed by atoms with Gasteiger partial charge in [-0.3, -0.25) is 4.57 Å². The first-order chi connectivity index (χ1) is 13.1. The number of hydrogen-bond acceptors (Lipinski definition) is 2. The molecule has 0 bridgehead atoms. The van der Waals surface area contributed by atoms with Crippen molar-refractivity contribution in [3.63, 3.8) is 0 Å². The first-order valence-electron chi connectivity index (χ1n) is 8.35. The number of hydrogen-bond donors (Lipinski definition) is 2. The summed E-state index contributed by atoms with van der Waals surface area (Å²) in [4.78, 5) is 7.38. The number of halogens is 2. The lowest BCUT2D eigenvalue weighted by Gasteiger charge is -2.12. The molecule has 0 fully saturated rings. The van der Waals surface area contributed by atoms with E-state index in [4.69, 9.17) is 23.2 Å². The normalized spacial score (nSPS) is 11.5. The summed E-state index contributed by atoms with van der Waals surface area (Å²) in [5, 5.41) is 13.7. The minimum atomic E-state index is 0.172. The van der Waals surface area contributed by atoms with Crippen molar-refractivity contribution in [2.45, 2.75) is 0 Å². The summed E-state index contributed by atoms with van der Waals surface area (Å²) < 4.78 is 1.82. The summed E-state index contributed by atoms with van der Waals surface area (Å²) in [5.41, 5.74) is 4.29. The van der Waals surface area contributed by atoms with Crippen LogP contribution in [0.1, 0.15) is 0 Å². The van der Waals surface area contributed by atoms with Crippen LogP contribution in [0.5, 0.6) is 5.88 Å². The molecule has 0 atom stereocenters. The van der Waals surface area contributed by atoms with E-state index in [-0.39, 0.29) is 5.88 Å². The fourth-order valence-corrected chi connectivity index (χ4v) is 3.77. The van der Waals surface area contributed by atoms with Crippen molar-refractivity contribution < 1.29 is 5.11 Å². The molecule has 2 heterocycles. The fourth-order valence-electron chi connectivity index (χ4n) is 3.47. The molecule has 0 unspecified atom stereocenters. The van der Waals surface area contributed by atoms with Gasteiger partial charge in [-0.25, -0.2) is 4.98 Å². The predicted molar refractivity (Wildman–Crippen MR) is 110 cm³/mol. The van der Waals surface area contributed by atoms with Gasteiger partial charge in [0.05, 0.1) is 38.8 Å². The van der Waals surface area contributed by atoms with Gasteiger partial charge in [-0.05, 0) is 36.4 Å². The van der Waals surface area contributed by atoms with Crippen LogP contribution >= 0.6 is 23.2 Å². The largest absolute Gasteiger partial charge is 0.494 e. The average molecular weight is 394 g/mol. The quantitative estimate of drug-likeness (QED) is 0.375. The highest BCUT2D eigenvalue weighted by Gasteiger charge is 2.20.